The van der Waals surface area contributed by atoms with Gasteiger partial charge in [-0.05, 0) is 25.2 Å². The van der Waals surface area contributed by atoms with Crippen molar-refractivity contribution in [2.45, 2.75) is 38.8 Å². The Morgan fingerprint density at radius 3 is 2.94 bits per heavy atom. The SMILES string of the molecule is CCCn1ncc(NCC2CC(O)C2)c(Cl)c1=O. The molecule has 1 heterocycles. The summed E-state index contributed by atoms with van der Waals surface area (Å²) in [6.45, 7) is 3.28. The maximum atomic E-state index is 11.8. The quantitative estimate of drug-likeness (QED) is 0.851. The van der Waals surface area contributed by atoms with Gasteiger partial charge in [0, 0.05) is 13.1 Å². The molecule has 0 radical (unpaired) electrons. The molecule has 2 rings (SSSR count). The summed E-state index contributed by atoms with van der Waals surface area (Å²) in [5.74, 6) is 0.453. The van der Waals surface area contributed by atoms with Crippen molar-refractivity contribution in [2.75, 3.05) is 11.9 Å². The fourth-order valence-electron chi connectivity index (χ4n) is 2.08. The minimum Gasteiger partial charge on any atom is -0.393 e. The molecule has 1 aliphatic carbocycles. The van der Waals surface area contributed by atoms with Gasteiger partial charge < -0.3 is 10.4 Å². The van der Waals surface area contributed by atoms with Crippen LogP contribution in [-0.2, 0) is 6.54 Å². The maximum absolute atomic E-state index is 11.8. The van der Waals surface area contributed by atoms with E-state index in [0.29, 0.717) is 18.2 Å². The van der Waals surface area contributed by atoms with Gasteiger partial charge in [0.05, 0.1) is 18.0 Å². The van der Waals surface area contributed by atoms with Gasteiger partial charge in [-0.3, -0.25) is 4.79 Å². The van der Waals surface area contributed by atoms with E-state index >= 15 is 0 Å². The van der Waals surface area contributed by atoms with E-state index in [0.717, 1.165) is 25.8 Å². The van der Waals surface area contributed by atoms with E-state index in [4.69, 9.17) is 11.6 Å². The molecule has 1 aliphatic rings. The average molecular weight is 272 g/mol. The van der Waals surface area contributed by atoms with Gasteiger partial charge in [0.2, 0.25) is 0 Å². The molecule has 1 aromatic heterocycles. The number of halogens is 1. The van der Waals surface area contributed by atoms with Crippen LogP contribution in [0.1, 0.15) is 26.2 Å². The highest BCUT2D eigenvalue weighted by Crippen LogP contribution is 2.27. The van der Waals surface area contributed by atoms with Gasteiger partial charge in [0.1, 0.15) is 5.02 Å². The summed E-state index contributed by atoms with van der Waals surface area (Å²) in [6.07, 6.45) is 3.89. The van der Waals surface area contributed by atoms with Crippen LogP contribution in [0.3, 0.4) is 0 Å². The van der Waals surface area contributed by atoms with Crippen LogP contribution >= 0.6 is 11.6 Å². The molecule has 2 N–H and O–H groups in total. The summed E-state index contributed by atoms with van der Waals surface area (Å²) in [5, 5.41) is 16.6. The lowest BCUT2D eigenvalue weighted by atomic mass is 9.82. The first kappa shape index (κ1) is 13.4. The zero-order valence-corrected chi connectivity index (χ0v) is 11.2. The molecule has 1 saturated carbocycles. The number of aromatic nitrogens is 2. The highest BCUT2D eigenvalue weighted by atomic mass is 35.5. The van der Waals surface area contributed by atoms with Crippen LogP contribution in [0, 0.1) is 5.92 Å². The van der Waals surface area contributed by atoms with Gasteiger partial charge in [-0.2, -0.15) is 5.10 Å². The molecule has 0 atom stereocenters. The number of nitrogens with one attached hydrogen (secondary N) is 1. The smallest absolute Gasteiger partial charge is 0.287 e. The van der Waals surface area contributed by atoms with E-state index in [1.54, 1.807) is 6.20 Å². The second-order valence-electron chi connectivity index (χ2n) is 4.77. The van der Waals surface area contributed by atoms with E-state index in [1.165, 1.54) is 4.68 Å². The first-order valence-corrected chi connectivity index (χ1v) is 6.67. The van der Waals surface area contributed by atoms with Crippen molar-refractivity contribution in [1.29, 1.82) is 0 Å². The topological polar surface area (TPSA) is 67.2 Å². The van der Waals surface area contributed by atoms with Crippen molar-refractivity contribution in [3.63, 3.8) is 0 Å². The summed E-state index contributed by atoms with van der Waals surface area (Å²) in [6, 6.07) is 0. The molecular formula is C12H18ClN3O2. The largest absolute Gasteiger partial charge is 0.393 e. The van der Waals surface area contributed by atoms with E-state index in [1.807, 2.05) is 6.92 Å². The van der Waals surface area contributed by atoms with Crippen LogP contribution in [0.5, 0.6) is 0 Å². The molecule has 0 bridgehead atoms. The standard InChI is InChI=1S/C12H18ClN3O2/c1-2-3-16-12(18)11(13)10(7-15-16)14-6-8-4-9(17)5-8/h7-9,14,17H,2-6H2,1H3. The van der Waals surface area contributed by atoms with E-state index < -0.39 is 0 Å². The number of rotatable bonds is 5. The second-order valence-corrected chi connectivity index (χ2v) is 5.15. The summed E-state index contributed by atoms with van der Waals surface area (Å²) in [7, 11) is 0. The Morgan fingerprint density at radius 2 is 2.33 bits per heavy atom. The van der Waals surface area contributed by atoms with Crippen LogP contribution in [0.15, 0.2) is 11.0 Å². The average Bonchev–Trinajstić information content (AvgIpc) is 2.31. The minimum atomic E-state index is -0.253. The molecule has 0 aliphatic heterocycles. The molecular weight excluding hydrogens is 254 g/mol. The lowest BCUT2D eigenvalue weighted by molar-refractivity contribution is 0.0487. The highest BCUT2D eigenvalue weighted by molar-refractivity contribution is 6.32. The Hall–Kier alpha value is -1.07. The number of hydrogen-bond acceptors (Lipinski definition) is 4. The lowest BCUT2D eigenvalue weighted by Crippen LogP contribution is -2.33. The molecule has 18 heavy (non-hydrogen) atoms. The molecule has 6 heteroatoms. The van der Waals surface area contributed by atoms with Gasteiger partial charge in [-0.15, -0.1) is 0 Å². The van der Waals surface area contributed by atoms with Crippen molar-refractivity contribution in [3.05, 3.63) is 21.6 Å². The summed E-state index contributed by atoms with van der Waals surface area (Å²) >= 11 is 6.02. The van der Waals surface area contributed by atoms with Gasteiger partial charge in [0.15, 0.2) is 0 Å². The molecule has 100 valence electrons. The van der Waals surface area contributed by atoms with E-state index in [-0.39, 0.29) is 16.7 Å². The third-order valence-corrected chi connectivity index (χ3v) is 3.58. The number of aryl methyl sites for hydroxylation is 1. The fraction of sp³-hybridized carbons (Fsp3) is 0.667. The van der Waals surface area contributed by atoms with E-state index in [2.05, 4.69) is 10.4 Å². The highest BCUT2D eigenvalue weighted by Gasteiger charge is 2.26. The molecule has 1 aromatic rings. The van der Waals surface area contributed by atoms with Crippen molar-refractivity contribution < 1.29 is 5.11 Å². The summed E-state index contributed by atoms with van der Waals surface area (Å²) in [4.78, 5) is 11.8. The predicted octanol–water partition coefficient (Wildman–Crippen LogP) is 1.49. The second kappa shape index (κ2) is 5.71. The molecule has 0 amide bonds. The number of nitrogens with zero attached hydrogens (tertiary/aromatic N) is 2. The molecule has 0 saturated heterocycles. The summed E-state index contributed by atoms with van der Waals surface area (Å²) < 4.78 is 1.38. The Labute approximate surface area is 111 Å². The zero-order chi connectivity index (χ0) is 13.1. The molecule has 1 fully saturated rings. The first-order chi connectivity index (χ1) is 8.61. The Bertz CT molecular complexity index is 469. The zero-order valence-electron chi connectivity index (χ0n) is 10.4. The van der Waals surface area contributed by atoms with Gasteiger partial charge in [0.25, 0.3) is 5.56 Å². The minimum absolute atomic E-state index is 0.164. The third kappa shape index (κ3) is 2.84. The first-order valence-electron chi connectivity index (χ1n) is 6.29. The lowest BCUT2D eigenvalue weighted by Gasteiger charge is -2.31. The van der Waals surface area contributed by atoms with Crippen LogP contribution in [0.4, 0.5) is 5.69 Å². The van der Waals surface area contributed by atoms with Crippen LogP contribution in [-0.4, -0.2) is 27.5 Å². The number of aliphatic hydroxyl groups is 1. The van der Waals surface area contributed by atoms with Gasteiger partial charge >= 0.3 is 0 Å². The molecule has 5 nitrogen and oxygen atoms in total. The van der Waals surface area contributed by atoms with Crippen LogP contribution in [0.2, 0.25) is 5.02 Å². The predicted molar refractivity (Wildman–Crippen MR) is 71.0 cm³/mol. The van der Waals surface area contributed by atoms with Crippen LogP contribution < -0.4 is 10.9 Å². The molecule has 0 unspecified atom stereocenters. The number of anilines is 1. The molecule has 0 aromatic carbocycles. The maximum Gasteiger partial charge on any atom is 0.287 e. The normalized spacial score (nSPS) is 22.6. The van der Waals surface area contributed by atoms with Crippen molar-refractivity contribution >= 4 is 17.3 Å². The van der Waals surface area contributed by atoms with Crippen molar-refractivity contribution in [2.24, 2.45) is 5.92 Å². The monoisotopic (exact) mass is 271 g/mol. The Morgan fingerprint density at radius 1 is 1.61 bits per heavy atom. The Balaban J connectivity index is 2.00. The van der Waals surface area contributed by atoms with Gasteiger partial charge in [-0.1, -0.05) is 18.5 Å². The van der Waals surface area contributed by atoms with Crippen molar-refractivity contribution in [1.82, 2.24) is 9.78 Å². The number of hydrogen-bond donors (Lipinski definition) is 2. The fourth-order valence-corrected chi connectivity index (χ4v) is 2.29. The number of aliphatic hydroxyl groups excluding tert-OH is 1. The molecule has 0 spiro atoms. The van der Waals surface area contributed by atoms with Gasteiger partial charge in [-0.25, -0.2) is 4.68 Å². The third-order valence-electron chi connectivity index (χ3n) is 3.21. The van der Waals surface area contributed by atoms with Crippen LogP contribution in [0.25, 0.3) is 0 Å². The van der Waals surface area contributed by atoms with Crippen molar-refractivity contribution in [3.8, 4) is 0 Å². The Kier molecular flexibility index (Phi) is 4.24. The summed E-state index contributed by atoms with van der Waals surface area (Å²) in [5.41, 5.74) is 0.326. The van der Waals surface area contributed by atoms with E-state index in [9.17, 15) is 9.90 Å².